The summed E-state index contributed by atoms with van der Waals surface area (Å²) in [7, 11) is 0. The Balaban J connectivity index is 1.96. The van der Waals surface area contributed by atoms with Crippen molar-refractivity contribution in [3.63, 3.8) is 0 Å². The Morgan fingerprint density at radius 3 is 2.74 bits per heavy atom. The van der Waals surface area contributed by atoms with Crippen LogP contribution in [-0.4, -0.2) is 68.1 Å². The summed E-state index contributed by atoms with van der Waals surface area (Å²) in [5.74, 6) is -0.00328. The van der Waals surface area contributed by atoms with Crippen molar-refractivity contribution in [3.05, 3.63) is 12.7 Å². The molecule has 130 valence electrons. The Labute approximate surface area is 143 Å². The van der Waals surface area contributed by atoms with E-state index in [1.54, 1.807) is 0 Å². The molecular weight excluding hydrogens is 346 g/mol. The van der Waals surface area contributed by atoms with E-state index in [0.717, 1.165) is 6.08 Å². The van der Waals surface area contributed by atoms with Crippen molar-refractivity contribution in [2.75, 3.05) is 45.5 Å². The number of hydrogen-bond acceptors (Lipinski definition) is 9. The van der Waals surface area contributed by atoms with Crippen LogP contribution in [0.4, 0.5) is 4.79 Å². The van der Waals surface area contributed by atoms with Gasteiger partial charge in [0.25, 0.3) is 0 Å². The fourth-order valence-corrected chi connectivity index (χ4v) is 2.29. The van der Waals surface area contributed by atoms with Crippen molar-refractivity contribution in [2.45, 2.75) is 6.10 Å². The van der Waals surface area contributed by atoms with E-state index in [2.05, 4.69) is 11.9 Å². The summed E-state index contributed by atoms with van der Waals surface area (Å²) in [5, 5.41) is 2.89. The van der Waals surface area contributed by atoms with Crippen LogP contribution >= 0.6 is 24.0 Å². The van der Waals surface area contributed by atoms with Gasteiger partial charge in [-0.15, -0.1) is 0 Å². The first-order valence-corrected chi connectivity index (χ1v) is 8.20. The van der Waals surface area contributed by atoms with E-state index in [1.165, 1.54) is 11.8 Å². The molecule has 0 bridgehead atoms. The molecular formula is C13H19NO7S2. The minimum Gasteiger partial charge on any atom is -0.461 e. The highest BCUT2D eigenvalue weighted by Gasteiger charge is 2.19. The molecule has 0 atom stereocenters. The summed E-state index contributed by atoms with van der Waals surface area (Å²) < 4.78 is 25.2. The van der Waals surface area contributed by atoms with Crippen LogP contribution in [0.1, 0.15) is 0 Å². The van der Waals surface area contributed by atoms with Crippen LogP contribution in [0.5, 0.6) is 0 Å². The number of ether oxygens (including phenoxy) is 5. The standard InChI is InChI=1S/C13H19NO7S2/c1-2-11(15)19-4-3-14-12(22)23-6-5-20-13(16)21-10-7-17-9-18-8-10/h2,10H,1,3-9H2,(H,14,22). The number of thioether (sulfide) groups is 1. The molecule has 1 saturated heterocycles. The highest BCUT2D eigenvalue weighted by atomic mass is 32.2. The number of carbonyl (C=O) groups is 2. The fourth-order valence-electron chi connectivity index (χ4n) is 1.38. The molecule has 1 N–H and O–H groups in total. The molecule has 0 unspecified atom stereocenters. The zero-order chi connectivity index (χ0) is 16.9. The second-order valence-electron chi connectivity index (χ2n) is 4.13. The first-order chi connectivity index (χ1) is 11.1. The van der Waals surface area contributed by atoms with Crippen molar-refractivity contribution < 1.29 is 33.3 Å². The normalized spacial score (nSPS) is 14.6. The molecule has 0 aromatic rings. The predicted octanol–water partition coefficient (Wildman–Crippen LogP) is 0.849. The van der Waals surface area contributed by atoms with Gasteiger partial charge >= 0.3 is 12.1 Å². The Kier molecular flexibility index (Phi) is 10.4. The first kappa shape index (κ1) is 19.7. The fraction of sp³-hybridized carbons (Fsp3) is 0.615. The SMILES string of the molecule is C=CC(=O)OCCNC(=S)SCCOC(=O)OC1COCOC1. The minimum atomic E-state index is -0.764. The lowest BCUT2D eigenvalue weighted by Gasteiger charge is -2.21. The van der Waals surface area contributed by atoms with Crippen molar-refractivity contribution >= 4 is 40.4 Å². The largest absolute Gasteiger partial charge is 0.508 e. The van der Waals surface area contributed by atoms with Crippen LogP contribution in [0.3, 0.4) is 0 Å². The average molecular weight is 365 g/mol. The number of hydrogen-bond donors (Lipinski definition) is 1. The van der Waals surface area contributed by atoms with Gasteiger partial charge in [0.2, 0.25) is 0 Å². The predicted molar refractivity (Wildman–Crippen MR) is 87.2 cm³/mol. The summed E-state index contributed by atoms with van der Waals surface area (Å²) in [4.78, 5) is 22.2. The lowest BCUT2D eigenvalue weighted by molar-refractivity contribution is -0.157. The van der Waals surface area contributed by atoms with Gasteiger partial charge in [0.15, 0.2) is 6.10 Å². The summed E-state index contributed by atoms with van der Waals surface area (Å²) in [5.41, 5.74) is 0. The minimum absolute atomic E-state index is 0.158. The van der Waals surface area contributed by atoms with Gasteiger partial charge in [-0.3, -0.25) is 0 Å². The topological polar surface area (TPSA) is 92.3 Å². The van der Waals surface area contributed by atoms with Crippen molar-refractivity contribution in [1.29, 1.82) is 0 Å². The Hall–Kier alpha value is -1.36. The molecule has 10 heteroatoms. The van der Waals surface area contributed by atoms with E-state index in [0.29, 0.717) is 29.8 Å². The maximum absolute atomic E-state index is 11.4. The second kappa shape index (κ2) is 12.1. The van der Waals surface area contributed by atoms with Crippen LogP contribution in [0.25, 0.3) is 0 Å². The molecule has 1 fully saturated rings. The quantitative estimate of drug-likeness (QED) is 0.289. The van der Waals surface area contributed by atoms with Crippen LogP contribution in [0, 0.1) is 0 Å². The van der Waals surface area contributed by atoms with Crippen molar-refractivity contribution in [3.8, 4) is 0 Å². The van der Waals surface area contributed by atoms with E-state index in [9.17, 15) is 9.59 Å². The van der Waals surface area contributed by atoms with Gasteiger partial charge in [-0.25, -0.2) is 9.59 Å². The molecule has 0 spiro atoms. The van der Waals surface area contributed by atoms with Gasteiger partial charge in [0.1, 0.15) is 24.3 Å². The molecule has 0 saturated carbocycles. The average Bonchev–Trinajstić information content (AvgIpc) is 2.56. The third-order valence-electron chi connectivity index (χ3n) is 2.36. The molecule has 1 rings (SSSR count). The van der Waals surface area contributed by atoms with Crippen LogP contribution in [0.2, 0.25) is 0 Å². The monoisotopic (exact) mass is 365 g/mol. The number of esters is 1. The molecule has 0 aliphatic carbocycles. The smallest absolute Gasteiger partial charge is 0.461 e. The number of rotatable bonds is 8. The summed E-state index contributed by atoms with van der Waals surface area (Å²) in [6, 6.07) is 0. The van der Waals surface area contributed by atoms with E-state index < -0.39 is 18.2 Å². The van der Waals surface area contributed by atoms with Crippen LogP contribution < -0.4 is 5.32 Å². The van der Waals surface area contributed by atoms with Gasteiger partial charge in [-0.05, 0) is 0 Å². The van der Waals surface area contributed by atoms with Gasteiger partial charge < -0.3 is 29.0 Å². The third kappa shape index (κ3) is 10.1. The van der Waals surface area contributed by atoms with E-state index in [-0.39, 0.29) is 20.0 Å². The molecule has 0 aromatic carbocycles. The van der Waals surface area contributed by atoms with Crippen molar-refractivity contribution in [2.24, 2.45) is 0 Å². The maximum atomic E-state index is 11.4. The molecule has 8 nitrogen and oxygen atoms in total. The van der Waals surface area contributed by atoms with Gasteiger partial charge in [0.05, 0.1) is 19.8 Å². The van der Waals surface area contributed by atoms with Crippen molar-refractivity contribution in [1.82, 2.24) is 5.32 Å². The molecule has 0 aromatic heterocycles. The first-order valence-electron chi connectivity index (χ1n) is 6.80. The highest BCUT2D eigenvalue weighted by Crippen LogP contribution is 2.05. The molecule has 0 amide bonds. The molecule has 23 heavy (non-hydrogen) atoms. The Bertz CT molecular complexity index is 413. The molecule has 0 radical (unpaired) electrons. The molecule has 1 heterocycles. The van der Waals surface area contributed by atoms with Crippen LogP contribution in [-0.2, 0) is 28.5 Å². The Morgan fingerprint density at radius 1 is 1.30 bits per heavy atom. The lowest BCUT2D eigenvalue weighted by Crippen LogP contribution is -2.33. The van der Waals surface area contributed by atoms with E-state index in [4.69, 9.17) is 35.9 Å². The summed E-state index contributed by atoms with van der Waals surface area (Å²) >= 11 is 6.36. The lowest BCUT2D eigenvalue weighted by atomic mass is 10.4. The number of nitrogens with one attached hydrogen (secondary N) is 1. The van der Waals surface area contributed by atoms with Gasteiger partial charge in [-0.1, -0.05) is 30.6 Å². The van der Waals surface area contributed by atoms with E-state index >= 15 is 0 Å². The second-order valence-corrected chi connectivity index (χ2v) is 5.90. The van der Waals surface area contributed by atoms with Crippen LogP contribution in [0.15, 0.2) is 12.7 Å². The molecule has 1 aliphatic rings. The maximum Gasteiger partial charge on any atom is 0.508 e. The number of thiocarbonyl (C=S) groups is 1. The summed E-state index contributed by atoms with van der Waals surface area (Å²) in [6.07, 6.45) is -0.112. The molecule has 1 aliphatic heterocycles. The third-order valence-corrected chi connectivity index (χ3v) is 3.63. The zero-order valence-corrected chi connectivity index (χ0v) is 14.1. The highest BCUT2D eigenvalue weighted by molar-refractivity contribution is 8.22. The zero-order valence-electron chi connectivity index (χ0n) is 12.5. The van der Waals surface area contributed by atoms with Gasteiger partial charge in [0, 0.05) is 11.8 Å². The Morgan fingerprint density at radius 2 is 2.04 bits per heavy atom. The summed E-state index contributed by atoms with van der Waals surface area (Å²) in [6.45, 7) is 4.85. The number of carbonyl (C=O) groups excluding carboxylic acids is 2. The van der Waals surface area contributed by atoms with E-state index in [1.807, 2.05) is 0 Å². The van der Waals surface area contributed by atoms with Gasteiger partial charge in [-0.2, -0.15) is 0 Å².